The number of carbonyl (C=O) groups excluding carboxylic acids is 1. The topological polar surface area (TPSA) is 62.2 Å². The lowest BCUT2D eigenvalue weighted by Crippen LogP contribution is -2.39. The molecule has 0 radical (unpaired) electrons. The van der Waals surface area contributed by atoms with E-state index in [9.17, 15) is 4.79 Å². The Bertz CT molecular complexity index is 395. The molecule has 0 aromatic carbocycles. The van der Waals surface area contributed by atoms with Gasteiger partial charge in [0.15, 0.2) is 0 Å². The zero-order valence-corrected chi connectivity index (χ0v) is 11.6. The summed E-state index contributed by atoms with van der Waals surface area (Å²) in [6.45, 7) is 5.13. The van der Waals surface area contributed by atoms with Gasteiger partial charge in [0.05, 0.1) is 6.54 Å². The van der Waals surface area contributed by atoms with Gasteiger partial charge in [-0.25, -0.2) is 4.98 Å². The van der Waals surface area contributed by atoms with Crippen LogP contribution in [-0.4, -0.2) is 59.6 Å². The fraction of sp³-hybridized carbons (Fsp3) is 0.692. The third-order valence-electron chi connectivity index (χ3n) is 3.39. The Labute approximate surface area is 114 Å². The average molecular weight is 265 g/mol. The molecule has 0 unspecified atom stereocenters. The fourth-order valence-corrected chi connectivity index (χ4v) is 2.27. The quantitative estimate of drug-likeness (QED) is 0.744. The van der Waals surface area contributed by atoms with Gasteiger partial charge >= 0.3 is 0 Å². The van der Waals surface area contributed by atoms with Crippen molar-refractivity contribution in [2.75, 3.05) is 39.3 Å². The monoisotopic (exact) mass is 265 g/mol. The van der Waals surface area contributed by atoms with Crippen molar-refractivity contribution >= 4 is 5.91 Å². The summed E-state index contributed by atoms with van der Waals surface area (Å²) in [5.74, 6) is 1.11. The van der Waals surface area contributed by atoms with Gasteiger partial charge in [-0.05, 0) is 19.5 Å². The first kappa shape index (κ1) is 14.0. The molecule has 0 atom stereocenters. The van der Waals surface area contributed by atoms with Crippen molar-refractivity contribution in [1.82, 2.24) is 25.1 Å². The Morgan fingerprint density at radius 3 is 3.16 bits per heavy atom. The van der Waals surface area contributed by atoms with E-state index in [0.717, 1.165) is 44.8 Å². The molecule has 0 aliphatic carbocycles. The lowest BCUT2D eigenvalue weighted by molar-refractivity contribution is -0.122. The number of carbonyl (C=O) groups is 1. The maximum Gasteiger partial charge on any atom is 0.234 e. The van der Waals surface area contributed by atoms with Gasteiger partial charge in [0.25, 0.3) is 0 Å². The van der Waals surface area contributed by atoms with Crippen molar-refractivity contribution in [3.63, 3.8) is 0 Å². The molecule has 1 saturated heterocycles. The molecule has 1 aromatic rings. The van der Waals surface area contributed by atoms with Crippen molar-refractivity contribution in [3.05, 3.63) is 18.2 Å². The van der Waals surface area contributed by atoms with Crippen LogP contribution < -0.4 is 10.6 Å². The number of nitrogens with zero attached hydrogens (tertiary/aromatic N) is 3. The van der Waals surface area contributed by atoms with Crippen molar-refractivity contribution in [1.29, 1.82) is 0 Å². The van der Waals surface area contributed by atoms with Crippen molar-refractivity contribution < 1.29 is 4.79 Å². The van der Waals surface area contributed by atoms with E-state index >= 15 is 0 Å². The van der Waals surface area contributed by atoms with Crippen molar-refractivity contribution in [2.45, 2.75) is 12.8 Å². The predicted molar refractivity (Wildman–Crippen MR) is 73.8 cm³/mol. The lowest BCUT2D eigenvalue weighted by Gasteiger charge is -2.18. The minimum absolute atomic E-state index is 0.108. The molecule has 0 spiro atoms. The second kappa shape index (κ2) is 7.25. The molecule has 6 heteroatoms. The van der Waals surface area contributed by atoms with Gasteiger partial charge < -0.3 is 15.2 Å². The van der Waals surface area contributed by atoms with Gasteiger partial charge in [-0.15, -0.1) is 0 Å². The molecule has 1 amide bonds. The summed E-state index contributed by atoms with van der Waals surface area (Å²) in [6.07, 6.45) is 5.58. The van der Waals surface area contributed by atoms with Crippen LogP contribution in [-0.2, 0) is 18.3 Å². The second-order valence-corrected chi connectivity index (χ2v) is 4.93. The minimum atomic E-state index is 0.108. The van der Waals surface area contributed by atoms with Crippen LogP contribution in [0.25, 0.3) is 0 Å². The number of amides is 1. The first-order valence-corrected chi connectivity index (χ1v) is 6.91. The molecule has 0 saturated carbocycles. The van der Waals surface area contributed by atoms with E-state index in [2.05, 4.69) is 20.5 Å². The summed E-state index contributed by atoms with van der Waals surface area (Å²) < 4.78 is 1.98. The van der Waals surface area contributed by atoms with E-state index in [-0.39, 0.29) is 5.91 Å². The third-order valence-corrected chi connectivity index (χ3v) is 3.39. The lowest BCUT2D eigenvalue weighted by atomic mass is 10.3. The van der Waals surface area contributed by atoms with Crippen LogP contribution in [0.2, 0.25) is 0 Å². The number of hydrogen-bond donors (Lipinski definition) is 2. The molecule has 1 aliphatic heterocycles. The van der Waals surface area contributed by atoms with Crippen LogP contribution in [0, 0.1) is 0 Å². The first-order chi connectivity index (χ1) is 9.25. The highest BCUT2D eigenvalue weighted by atomic mass is 16.2. The first-order valence-electron chi connectivity index (χ1n) is 6.91. The highest BCUT2D eigenvalue weighted by molar-refractivity contribution is 5.77. The zero-order chi connectivity index (χ0) is 13.5. The van der Waals surface area contributed by atoms with Gasteiger partial charge in [-0.3, -0.25) is 9.69 Å². The SMILES string of the molecule is Cn1ccnc1CCNC(=O)CN1CCCNCC1. The normalized spacial score (nSPS) is 17.1. The number of hydrogen-bond acceptors (Lipinski definition) is 4. The standard InChI is InChI=1S/C13H23N5O/c1-17-9-7-15-12(17)3-5-16-13(19)11-18-8-2-4-14-6-10-18/h7,9,14H,2-6,8,10-11H2,1H3,(H,16,19). The Kier molecular flexibility index (Phi) is 5.35. The largest absolute Gasteiger partial charge is 0.355 e. The summed E-state index contributed by atoms with van der Waals surface area (Å²) in [5.41, 5.74) is 0. The molecule has 0 bridgehead atoms. The van der Waals surface area contributed by atoms with Crippen molar-refractivity contribution in [2.24, 2.45) is 7.05 Å². The van der Waals surface area contributed by atoms with E-state index in [1.807, 2.05) is 17.8 Å². The molecule has 2 N–H and O–H groups in total. The number of imidazole rings is 1. The van der Waals surface area contributed by atoms with E-state index in [4.69, 9.17) is 0 Å². The van der Waals surface area contributed by atoms with E-state index in [1.54, 1.807) is 6.20 Å². The van der Waals surface area contributed by atoms with Gasteiger partial charge in [-0.1, -0.05) is 0 Å². The summed E-state index contributed by atoms with van der Waals surface area (Å²) in [6, 6.07) is 0. The molecular formula is C13H23N5O. The second-order valence-electron chi connectivity index (χ2n) is 4.93. The Hall–Kier alpha value is -1.40. The number of aromatic nitrogens is 2. The highest BCUT2D eigenvalue weighted by Gasteiger charge is 2.12. The molecule has 2 rings (SSSR count). The summed E-state index contributed by atoms with van der Waals surface area (Å²) in [7, 11) is 1.97. The molecule has 19 heavy (non-hydrogen) atoms. The molecule has 6 nitrogen and oxygen atoms in total. The smallest absolute Gasteiger partial charge is 0.234 e. The number of rotatable bonds is 5. The van der Waals surface area contributed by atoms with Gasteiger partial charge in [0.1, 0.15) is 5.82 Å². The highest BCUT2D eigenvalue weighted by Crippen LogP contribution is 1.96. The van der Waals surface area contributed by atoms with Crippen molar-refractivity contribution in [3.8, 4) is 0 Å². The van der Waals surface area contributed by atoms with Crippen LogP contribution in [0.1, 0.15) is 12.2 Å². The zero-order valence-electron chi connectivity index (χ0n) is 11.6. The molecular weight excluding hydrogens is 242 g/mol. The van der Waals surface area contributed by atoms with Gasteiger partial charge in [-0.2, -0.15) is 0 Å². The number of nitrogens with one attached hydrogen (secondary N) is 2. The Morgan fingerprint density at radius 1 is 1.47 bits per heavy atom. The fourth-order valence-electron chi connectivity index (χ4n) is 2.27. The maximum absolute atomic E-state index is 11.8. The van der Waals surface area contributed by atoms with Crippen LogP contribution in [0.4, 0.5) is 0 Å². The predicted octanol–water partition coefficient (Wildman–Crippen LogP) is -0.626. The number of aryl methyl sites for hydroxylation is 1. The van der Waals surface area contributed by atoms with Gasteiger partial charge in [0, 0.05) is 45.5 Å². The van der Waals surface area contributed by atoms with Crippen LogP contribution in [0.3, 0.4) is 0 Å². The van der Waals surface area contributed by atoms with Crippen LogP contribution >= 0.6 is 0 Å². The van der Waals surface area contributed by atoms with E-state index in [0.29, 0.717) is 13.1 Å². The molecule has 1 fully saturated rings. The molecule has 1 aliphatic rings. The van der Waals surface area contributed by atoms with Crippen LogP contribution in [0.15, 0.2) is 12.4 Å². The summed E-state index contributed by atoms with van der Waals surface area (Å²) >= 11 is 0. The Morgan fingerprint density at radius 2 is 2.37 bits per heavy atom. The maximum atomic E-state index is 11.8. The molecule has 106 valence electrons. The van der Waals surface area contributed by atoms with E-state index in [1.165, 1.54) is 0 Å². The van der Waals surface area contributed by atoms with Crippen LogP contribution in [0.5, 0.6) is 0 Å². The third kappa shape index (κ3) is 4.65. The molecule has 1 aromatic heterocycles. The van der Waals surface area contributed by atoms with E-state index < -0.39 is 0 Å². The minimum Gasteiger partial charge on any atom is -0.355 e. The van der Waals surface area contributed by atoms with Gasteiger partial charge in [0.2, 0.25) is 5.91 Å². The summed E-state index contributed by atoms with van der Waals surface area (Å²) in [4.78, 5) is 18.3. The average Bonchev–Trinajstić information content (AvgIpc) is 2.65. The summed E-state index contributed by atoms with van der Waals surface area (Å²) in [5, 5.41) is 6.30. The Balaban J connectivity index is 1.65. The molecule has 2 heterocycles.